The van der Waals surface area contributed by atoms with Gasteiger partial charge in [-0.05, 0) is 12.1 Å². The van der Waals surface area contributed by atoms with Crippen LogP contribution in [0.2, 0.25) is 0 Å². The third-order valence-electron chi connectivity index (χ3n) is 2.78. The van der Waals surface area contributed by atoms with Gasteiger partial charge in [-0.1, -0.05) is 46.9 Å². The molecular formula is C13H13Cl3N2O5. The molecule has 126 valence electrons. The molecule has 1 aromatic rings. The van der Waals surface area contributed by atoms with Crippen LogP contribution in [0, 0.1) is 0 Å². The molecule has 2 amide bonds. The number of rotatable bonds is 4. The quantitative estimate of drug-likeness (QED) is 0.637. The lowest BCUT2D eigenvalue weighted by Gasteiger charge is -2.36. The first-order valence-corrected chi connectivity index (χ1v) is 7.50. The molecule has 2 rings (SSSR count). The fraction of sp³-hybridized carbons (Fsp3) is 0.385. The fourth-order valence-electron chi connectivity index (χ4n) is 1.82. The van der Waals surface area contributed by atoms with Crippen LogP contribution in [0.25, 0.3) is 0 Å². The number of amides is 2. The summed E-state index contributed by atoms with van der Waals surface area (Å²) in [5, 5.41) is 3.19. The summed E-state index contributed by atoms with van der Waals surface area (Å²) < 4.78 is 8.34. The van der Waals surface area contributed by atoms with E-state index in [-0.39, 0.29) is 5.69 Å². The van der Waals surface area contributed by atoms with Gasteiger partial charge in [0.25, 0.3) is 6.29 Å². The summed E-state index contributed by atoms with van der Waals surface area (Å²) in [6.45, 7) is 1.22. The van der Waals surface area contributed by atoms with E-state index < -0.39 is 28.1 Å². The molecule has 0 unspecified atom stereocenters. The number of para-hydroxylation sites is 2. The molecule has 1 aromatic carbocycles. The summed E-state index contributed by atoms with van der Waals surface area (Å²) in [7, 11) is 1.30. The molecule has 10 heteroatoms. The van der Waals surface area contributed by atoms with Crippen molar-refractivity contribution in [3.05, 3.63) is 24.3 Å². The number of ether oxygens (including phenoxy) is 2. The van der Waals surface area contributed by atoms with Crippen molar-refractivity contribution >= 4 is 52.3 Å². The van der Waals surface area contributed by atoms with Gasteiger partial charge in [0.1, 0.15) is 11.4 Å². The molecule has 0 aromatic heterocycles. The molecule has 0 fully saturated rings. The second kappa shape index (κ2) is 7.11. The Morgan fingerprint density at radius 1 is 1.39 bits per heavy atom. The summed E-state index contributed by atoms with van der Waals surface area (Å²) in [6, 6.07) is 6.57. The normalized spacial score (nSPS) is 18.9. The van der Waals surface area contributed by atoms with Crippen LogP contribution in [0.5, 0.6) is 5.75 Å². The van der Waals surface area contributed by atoms with Gasteiger partial charge >= 0.3 is 5.91 Å². The number of nitrogens with zero attached hydrogens (tertiary/aromatic N) is 1. The average Bonchev–Trinajstić information content (AvgIpc) is 2.47. The monoisotopic (exact) mass is 382 g/mol. The summed E-state index contributed by atoms with van der Waals surface area (Å²) >= 11 is 17.4. The molecule has 1 N–H and O–H groups in total. The number of carbonyl (C=O) groups excluding carboxylic acids is 2. The zero-order chi connectivity index (χ0) is 17.2. The molecule has 0 radical (unpaired) electrons. The minimum absolute atomic E-state index is 0.287. The van der Waals surface area contributed by atoms with E-state index in [1.54, 1.807) is 24.3 Å². The second-order valence-corrected chi connectivity index (χ2v) is 6.88. The zero-order valence-electron chi connectivity index (χ0n) is 12.1. The maximum atomic E-state index is 12.4. The number of methoxy groups -OCH3 is 1. The Labute approximate surface area is 147 Å². The van der Waals surface area contributed by atoms with E-state index in [1.807, 2.05) is 0 Å². The van der Waals surface area contributed by atoms with Crippen molar-refractivity contribution in [1.82, 2.24) is 5.32 Å². The smallest absolute Gasteiger partial charge is 0.320 e. The molecule has 23 heavy (non-hydrogen) atoms. The summed E-state index contributed by atoms with van der Waals surface area (Å²) in [4.78, 5) is 29.1. The maximum absolute atomic E-state index is 12.4. The first kappa shape index (κ1) is 18.1. The number of benzene rings is 1. The Hall–Kier alpha value is -1.25. The van der Waals surface area contributed by atoms with Crippen molar-refractivity contribution in [3.8, 4) is 5.75 Å². The van der Waals surface area contributed by atoms with Crippen molar-refractivity contribution in [2.75, 3.05) is 12.2 Å². The Kier molecular flexibility index (Phi) is 5.59. The van der Waals surface area contributed by atoms with E-state index in [0.29, 0.717) is 5.75 Å². The second-order valence-electron chi connectivity index (χ2n) is 4.51. The lowest BCUT2D eigenvalue weighted by atomic mass is 10.2. The molecule has 7 nitrogen and oxygen atoms in total. The predicted octanol–water partition coefficient (Wildman–Crippen LogP) is 2.15. The number of anilines is 1. The van der Waals surface area contributed by atoms with Crippen molar-refractivity contribution in [1.29, 1.82) is 0 Å². The lowest BCUT2D eigenvalue weighted by molar-refractivity contribution is -0.160. The van der Waals surface area contributed by atoms with E-state index in [2.05, 4.69) is 5.32 Å². The minimum Gasteiger partial charge on any atom is -0.453 e. The Bertz CT molecular complexity index is 608. The van der Waals surface area contributed by atoms with Crippen LogP contribution < -0.4 is 15.1 Å². The van der Waals surface area contributed by atoms with Crippen molar-refractivity contribution in [2.45, 2.75) is 23.2 Å². The third kappa shape index (κ3) is 4.19. The van der Waals surface area contributed by atoms with Crippen LogP contribution in [0.4, 0.5) is 5.69 Å². The highest BCUT2D eigenvalue weighted by atomic mass is 35.6. The van der Waals surface area contributed by atoms with E-state index in [0.717, 1.165) is 5.06 Å². The van der Waals surface area contributed by atoms with Crippen LogP contribution in [-0.2, 0) is 19.2 Å². The number of alkyl halides is 3. The molecule has 0 bridgehead atoms. The van der Waals surface area contributed by atoms with Gasteiger partial charge in [0.2, 0.25) is 15.9 Å². The number of hydrogen-bond acceptors (Lipinski definition) is 5. The van der Waals surface area contributed by atoms with Crippen LogP contribution in [0.3, 0.4) is 0 Å². The standard InChI is InChI=1S/C13H13Cl3N2O5/c1-7(19)17-12(13(14,15)16)23-18-8-5-3-4-6-9(8)22-11(21-2)10(18)20/h3-6,11-12H,1-2H3,(H,17,19)/t11-,12-/m1/s1. The molecule has 0 saturated carbocycles. The van der Waals surface area contributed by atoms with Gasteiger partial charge in [-0.25, -0.2) is 4.84 Å². The Morgan fingerprint density at radius 3 is 2.61 bits per heavy atom. The van der Waals surface area contributed by atoms with Gasteiger partial charge in [-0.2, -0.15) is 5.06 Å². The highest BCUT2D eigenvalue weighted by Gasteiger charge is 2.42. The van der Waals surface area contributed by atoms with Crippen molar-refractivity contribution in [3.63, 3.8) is 0 Å². The SMILES string of the molecule is CO[C@@H]1Oc2ccccc2N(O[C@@H](NC(C)=O)C(Cl)(Cl)Cl)C1=O. The van der Waals surface area contributed by atoms with Gasteiger partial charge in [-0.15, -0.1) is 0 Å². The van der Waals surface area contributed by atoms with E-state index >= 15 is 0 Å². The first-order valence-electron chi connectivity index (χ1n) is 6.37. The number of halogens is 3. The Morgan fingerprint density at radius 2 is 2.04 bits per heavy atom. The predicted molar refractivity (Wildman–Crippen MR) is 84.3 cm³/mol. The molecule has 1 aliphatic rings. The number of fused-ring (bicyclic) bond motifs is 1. The van der Waals surface area contributed by atoms with Crippen molar-refractivity contribution < 1.29 is 23.9 Å². The van der Waals surface area contributed by atoms with Crippen LogP contribution in [0.15, 0.2) is 24.3 Å². The summed E-state index contributed by atoms with van der Waals surface area (Å²) in [6.07, 6.45) is -2.63. The van der Waals surface area contributed by atoms with E-state index in [1.165, 1.54) is 14.0 Å². The summed E-state index contributed by atoms with van der Waals surface area (Å²) in [5.74, 6) is -0.834. The van der Waals surface area contributed by atoms with Crippen LogP contribution in [0.1, 0.15) is 6.92 Å². The third-order valence-corrected chi connectivity index (χ3v) is 3.37. The molecular weight excluding hydrogens is 371 g/mol. The summed E-state index contributed by atoms with van der Waals surface area (Å²) in [5.41, 5.74) is 0.287. The number of hydrogen-bond donors (Lipinski definition) is 1. The minimum atomic E-state index is -2.01. The number of carbonyl (C=O) groups is 2. The van der Waals surface area contributed by atoms with E-state index in [9.17, 15) is 9.59 Å². The molecule has 0 aliphatic carbocycles. The maximum Gasteiger partial charge on any atom is 0.320 e. The zero-order valence-corrected chi connectivity index (χ0v) is 14.4. The topological polar surface area (TPSA) is 77.1 Å². The lowest BCUT2D eigenvalue weighted by Crippen LogP contribution is -2.54. The molecule has 0 spiro atoms. The fourth-order valence-corrected chi connectivity index (χ4v) is 2.10. The highest BCUT2D eigenvalue weighted by Crippen LogP contribution is 2.37. The highest BCUT2D eigenvalue weighted by molar-refractivity contribution is 6.68. The average molecular weight is 384 g/mol. The van der Waals surface area contributed by atoms with Crippen LogP contribution in [-0.4, -0.2) is 35.2 Å². The van der Waals surface area contributed by atoms with Gasteiger partial charge in [-0.3, -0.25) is 9.59 Å². The Balaban J connectivity index is 2.35. The first-order chi connectivity index (χ1) is 10.7. The largest absolute Gasteiger partial charge is 0.453 e. The van der Waals surface area contributed by atoms with Gasteiger partial charge in [0, 0.05) is 14.0 Å². The molecule has 0 saturated heterocycles. The number of nitrogens with one attached hydrogen (secondary N) is 1. The van der Waals surface area contributed by atoms with Crippen LogP contribution >= 0.6 is 34.8 Å². The van der Waals surface area contributed by atoms with Gasteiger partial charge in [0.15, 0.2) is 0 Å². The van der Waals surface area contributed by atoms with Crippen molar-refractivity contribution in [2.24, 2.45) is 0 Å². The molecule has 2 atom stereocenters. The number of hydroxylamine groups is 1. The van der Waals surface area contributed by atoms with E-state index in [4.69, 9.17) is 49.1 Å². The molecule has 1 heterocycles. The van der Waals surface area contributed by atoms with Gasteiger partial charge < -0.3 is 14.8 Å². The molecule has 1 aliphatic heterocycles. The van der Waals surface area contributed by atoms with Gasteiger partial charge in [0.05, 0.1) is 0 Å².